The van der Waals surface area contributed by atoms with Crippen molar-refractivity contribution in [3.63, 3.8) is 0 Å². The van der Waals surface area contributed by atoms with Gasteiger partial charge in [-0.3, -0.25) is 4.79 Å². The summed E-state index contributed by atoms with van der Waals surface area (Å²) in [4.78, 5) is 11.9. The predicted molar refractivity (Wildman–Crippen MR) is 66.5 cm³/mol. The van der Waals surface area contributed by atoms with E-state index >= 15 is 0 Å². The second-order valence-electron chi connectivity index (χ2n) is 3.90. The van der Waals surface area contributed by atoms with Crippen LogP contribution in [0.25, 0.3) is 10.8 Å². The Morgan fingerprint density at radius 3 is 2.59 bits per heavy atom. The highest BCUT2D eigenvalue weighted by atomic mass is 19.1. The van der Waals surface area contributed by atoms with Crippen molar-refractivity contribution in [1.82, 2.24) is 5.32 Å². The maximum absolute atomic E-state index is 13.5. The molecular formula is C14H14FNO. The Labute approximate surface area is 99.4 Å². The Hall–Kier alpha value is -1.90. The molecule has 0 heterocycles. The average Bonchev–Trinajstić information content (AvgIpc) is 2.37. The van der Waals surface area contributed by atoms with Crippen LogP contribution in [0.2, 0.25) is 0 Å². The first-order valence-corrected chi connectivity index (χ1v) is 5.69. The number of rotatable bonds is 3. The quantitative estimate of drug-likeness (QED) is 0.864. The Bertz CT molecular complexity index is 551. The van der Waals surface area contributed by atoms with Crippen LogP contribution in [0.4, 0.5) is 4.39 Å². The number of fused-ring (bicyclic) bond motifs is 1. The highest BCUT2D eigenvalue weighted by Crippen LogP contribution is 2.21. The van der Waals surface area contributed by atoms with Crippen LogP contribution in [0.15, 0.2) is 36.4 Å². The summed E-state index contributed by atoms with van der Waals surface area (Å²) in [6.07, 6.45) is 0.880. The first kappa shape index (κ1) is 11.6. The fourth-order valence-electron chi connectivity index (χ4n) is 1.79. The standard InChI is InChI=1S/C14H14FNO/c1-2-9-16-14(17)12-7-8-13(15)11-6-4-3-5-10(11)12/h3-8H,2,9H2,1H3,(H,16,17). The van der Waals surface area contributed by atoms with E-state index < -0.39 is 0 Å². The fraction of sp³-hybridized carbons (Fsp3) is 0.214. The van der Waals surface area contributed by atoms with Gasteiger partial charge in [-0.2, -0.15) is 0 Å². The molecule has 0 unspecified atom stereocenters. The first-order chi connectivity index (χ1) is 8.24. The molecule has 0 radical (unpaired) electrons. The minimum Gasteiger partial charge on any atom is -0.352 e. The molecule has 0 aliphatic rings. The first-order valence-electron chi connectivity index (χ1n) is 5.69. The van der Waals surface area contributed by atoms with E-state index in [1.807, 2.05) is 6.92 Å². The van der Waals surface area contributed by atoms with Gasteiger partial charge in [0.1, 0.15) is 5.82 Å². The molecule has 1 amide bonds. The van der Waals surface area contributed by atoms with Gasteiger partial charge in [-0.05, 0) is 23.9 Å². The number of carbonyl (C=O) groups is 1. The normalized spacial score (nSPS) is 10.5. The molecule has 2 aromatic rings. The zero-order chi connectivity index (χ0) is 12.3. The van der Waals surface area contributed by atoms with E-state index in [0.717, 1.165) is 6.42 Å². The summed E-state index contributed by atoms with van der Waals surface area (Å²) in [5, 5.41) is 3.94. The van der Waals surface area contributed by atoms with Crippen LogP contribution in [0.5, 0.6) is 0 Å². The summed E-state index contributed by atoms with van der Waals surface area (Å²) in [5.41, 5.74) is 0.524. The number of halogens is 1. The van der Waals surface area contributed by atoms with Crippen LogP contribution in [0.3, 0.4) is 0 Å². The number of hydrogen-bond acceptors (Lipinski definition) is 1. The van der Waals surface area contributed by atoms with E-state index in [9.17, 15) is 9.18 Å². The van der Waals surface area contributed by atoms with E-state index in [-0.39, 0.29) is 11.7 Å². The largest absolute Gasteiger partial charge is 0.352 e. The van der Waals surface area contributed by atoms with Gasteiger partial charge in [0, 0.05) is 17.5 Å². The molecule has 0 aliphatic heterocycles. The fourth-order valence-corrected chi connectivity index (χ4v) is 1.79. The smallest absolute Gasteiger partial charge is 0.251 e. The summed E-state index contributed by atoms with van der Waals surface area (Å²) in [5.74, 6) is -0.448. The second kappa shape index (κ2) is 4.95. The van der Waals surface area contributed by atoms with Gasteiger partial charge in [-0.1, -0.05) is 31.2 Å². The SMILES string of the molecule is CCCNC(=O)c1ccc(F)c2ccccc12. The predicted octanol–water partition coefficient (Wildman–Crippen LogP) is 3.12. The van der Waals surface area contributed by atoms with Gasteiger partial charge in [0.25, 0.3) is 5.91 Å². The topological polar surface area (TPSA) is 29.1 Å². The number of nitrogens with one attached hydrogen (secondary N) is 1. The van der Waals surface area contributed by atoms with Crippen LogP contribution >= 0.6 is 0 Å². The van der Waals surface area contributed by atoms with E-state index in [2.05, 4.69) is 5.32 Å². The summed E-state index contributed by atoms with van der Waals surface area (Å²) in [7, 11) is 0. The van der Waals surface area contributed by atoms with Crippen molar-refractivity contribution in [2.75, 3.05) is 6.54 Å². The highest BCUT2D eigenvalue weighted by Gasteiger charge is 2.11. The van der Waals surface area contributed by atoms with Crippen LogP contribution in [0.1, 0.15) is 23.7 Å². The van der Waals surface area contributed by atoms with Gasteiger partial charge < -0.3 is 5.32 Å². The molecule has 0 aromatic heterocycles. The molecule has 2 nitrogen and oxygen atoms in total. The lowest BCUT2D eigenvalue weighted by molar-refractivity contribution is 0.0955. The van der Waals surface area contributed by atoms with Crippen LogP contribution < -0.4 is 5.32 Å². The number of hydrogen-bond donors (Lipinski definition) is 1. The number of benzene rings is 2. The highest BCUT2D eigenvalue weighted by molar-refractivity contribution is 6.07. The maximum Gasteiger partial charge on any atom is 0.251 e. The molecule has 0 atom stereocenters. The van der Waals surface area contributed by atoms with Gasteiger partial charge in [-0.25, -0.2) is 4.39 Å². The van der Waals surface area contributed by atoms with E-state index in [4.69, 9.17) is 0 Å². The number of carbonyl (C=O) groups excluding carboxylic acids is 1. The lowest BCUT2D eigenvalue weighted by atomic mass is 10.0. The van der Waals surface area contributed by atoms with Crippen LogP contribution in [-0.4, -0.2) is 12.5 Å². The molecule has 0 spiro atoms. The Morgan fingerprint density at radius 2 is 1.88 bits per heavy atom. The van der Waals surface area contributed by atoms with Gasteiger partial charge in [-0.15, -0.1) is 0 Å². The summed E-state index contributed by atoms with van der Waals surface area (Å²) >= 11 is 0. The third kappa shape index (κ3) is 2.28. The summed E-state index contributed by atoms with van der Waals surface area (Å²) in [6.45, 7) is 2.62. The minimum absolute atomic E-state index is 0.150. The molecule has 1 N–H and O–H groups in total. The minimum atomic E-state index is -0.298. The van der Waals surface area contributed by atoms with Crippen molar-refractivity contribution in [2.45, 2.75) is 13.3 Å². The number of amides is 1. The van der Waals surface area contributed by atoms with Crippen molar-refractivity contribution in [2.24, 2.45) is 0 Å². The molecule has 0 saturated heterocycles. The van der Waals surface area contributed by atoms with Crippen molar-refractivity contribution >= 4 is 16.7 Å². The van der Waals surface area contributed by atoms with Crippen molar-refractivity contribution in [1.29, 1.82) is 0 Å². The molecule has 88 valence electrons. The van der Waals surface area contributed by atoms with E-state index in [1.165, 1.54) is 12.1 Å². The molecule has 2 rings (SSSR count). The molecular weight excluding hydrogens is 217 g/mol. The van der Waals surface area contributed by atoms with E-state index in [0.29, 0.717) is 22.9 Å². The summed E-state index contributed by atoms with van der Waals surface area (Å²) < 4.78 is 13.5. The lowest BCUT2D eigenvalue weighted by Crippen LogP contribution is -2.24. The van der Waals surface area contributed by atoms with Gasteiger partial charge >= 0.3 is 0 Å². The maximum atomic E-state index is 13.5. The molecule has 17 heavy (non-hydrogen) atoms. The third-order valence-electron chi connectivity index (χ3n) is 2.65. The van der Waals surface area contributed by atoms with Crippen molar-refractivity contribution in [3.05, 3.63) is 47.8 Å². The van der Waals surface area contributed by atoms with Gasteiger partial charge in [0.05, 0.1) is 0 Å². The molecule has 2 aromatic carbocycles. The second-order valence-corrected chi connectivity index (χ2v) is 3.90. The third-order valence-corrected chi connectivity index (χ3v) is 2.65. The summed E-state index contributed by atoms with van der Waals surface area (Å²) in [6, 6.07) is 9.88. The molecule has 0 saturated carbocycles. The average molecular weight is 231 g/mol. The van der Waals surface area contributed by atoms with Crippen molar-refractivity contribution in [3.8, 4) is 0 Å². The van der Waals surface area contributed by atoms with Crippen molar-refractivity contribution < 1.29 is 9.18 Å². The van der Waals surface area contributed by atoms with Gasteiger partial charge in [0.15, 0.2) is 0 Å². The Kier molecular flexibility index (Phi) is 3.38. The Balaban J connectivity index is 2.48. The monoisotopic (exact) mass is 231 g/mol. The zero-order valence-electron chi connectivity index (χ0n) is 9.66. The van der Waals surface area contributed by atoms with Crippen LogP contribution in [0, 0.1) is 5.82 Å². The van der Waals surface area contributed by atoms with Crippen LogP contribution in [-0.2, 0) is 0 Å². The van der Waals surface area contributed by atoms with Gasteiger partial charge in [0.2, 0.25) is 0 Å². The zero-order valence-corrected chi connectivity index (χ0v) is 9.66. The van der Waals surface area contributed by atoms with E-state index in [1.54, 1.807) is 24.3 Å². The molecule has 0 fully saturated rings. The lowest BCUT2D eigenvalue weighted by Gasteiger charge is -2.07. The molecule has 0 aliphatic carbocycles. The Morgan fingerprint density at radius 1 is 1.18 bits per heavy atom. The molecule has 0 bridgehead atoms. The molecule has 3 heteroatoms.